The molecule has 1 aliphatic rings. The van der Waals surface area contributed by atoms with E-state index in [-0.39, 0.29) is 5.54 Å². The largest absolute Gasteiger partial charge is 0.329 e. The van der Waals surface area contributed by atoms with Crippen molar-refractivity contribution in [3.63, 3.8) is 0 Å². The van der Waals surface area contributed by atoms with Crippen LogP contribution in [0.4, 0.5) is 0 Å². The van der Waals surface area contributed by atoms with E-state index in [4.69, 9.17) is 5.73 Å². The molecule has 0 radical (unpaired) electrons. The molecule has 0 spiro atoms. The summed E-state index contributed by atoms with van der Waals surface area (Å²) in [6.45, 7) is 7.46. The molecular formula is C17H29N3. The third-order valence-electron chi connectivity index (χ3n) is 4.79. The summed E-state index contributed by atoms with van der Waals surface area (Å²) in [4.78, 5) is 5.04. The van der Waals surface area contributed by atoms with Crippen molar-refractivity contribution in [2.45, 2.75) is 38.3 Å². The molecule has 20 heavy (non-hydrogen) atoms. The van der Waals surface area contributed by atoms with Gasteiger partial charge in [-0.15, -0.1) is 0 Å². The second kappa shape index (κ2) is 7.21. The molecule has 0 amide bonds. The minimum absolute atomic E-state index is 0.176. The van der Waals surface area contributed by atoms with Crippen molar-refractivity contribution in [1.82, 2.24) is 9.80 Å². The standard InChI is InChI=1S/C17H29N3/c1-3-20(14-16-8-5-4-6-9-16)17(15-18)10-7-12-19(2)13-11-17/h4-6,8-9H,3,7,10-15,18H2,1-2H3. The van der Waals surface area contributed by atoms with Crippen LogP contribution in [-0.2, 0) is 6.54 Å². The molecule has 1 atom stereocenters. The Morgan fingerprint density at radius 3 is 2.60 bits per heavy atom. The van der Waals surface area contributed by atoms with Gasteiger partial charge in [0.05, 0.1) is 0 Å². The third kappa shape index (κ3) is 3.60. The number of rotatable bonds is 5. The zero-order chi connectivity index (χ0) is 14.4. The van der Waals surface area contributed by atoms with E-state index in [1.807, 2.05) is 0 Å². The van der Waals surface area contributed by atoms with Gasteiger partial charge in [-0.3, -0.25) is 4.90 Å². The lowest BCUT2D eigenvalue weighted by Crippen LogP contribution is -2.53. The third-order valence-corrected chi connectivity index (χ3v) is 4.79. The number of likely N-dealkylation sites (tertiary alicyclic amines) is 1. The number of nitrogens with two attached hydrogens (primary N) is 1. The Labute approximate surface area is 123 Å². The van der Waals surface area contributed by atoms with Gasteiger partial charge in [-0.1, -0.05) is 37.3 Å². The molecule has 2 N–H and O–H groups in total. The number of hydrogen-bond donors (Lipinski definition) is 1. The number of likely N-dealkylation sites (N-methyl/N-ethyl adjacent to an activating group) is 1. The van der Waals surface area contributed by atoms with Crippen LogP contribution < -0.4 is 5.73 Å². The molecule has 1 aromatic carbocycles. The van der Waals surface area contributed by atoms with Gasteiger partial charge >= 0.3 is 0 Å². The van der Waals surface area contributed by atoms with Gasteiger partial charge in [0.25, 0.3) is 0 Å². The monoisotopic (exact) mass is 275 g/mol. The highest BCUT2D eigenvalue weighted by atomic mass is 15.2. The van der Waals surface area contributed by atoms with Crippen molar-refractivity contribution in [3.05, 3.63) is 35.9 Å². The lowest BCUT2D eigenvalue weighted by Gasteiger charge is -2.43. The van der Waals surface area contributed by atoms with E-state index in [2.05, 4.69) is 54.1 Å². The molecule has 3 heteroatoms. The van der Waals surface area contributed by atoms with Crippen LogP contribution in [0.2, 0.25) is 0 Å². The van der Waals surface area contributed by atoms with Crippen molar-refractivity contribution < 1.29 is 0 Å². The number of hydrogen-bond acceptors (Lipinski definition) is 3. The number of benzene rings is 1. The SMILES string of the molecule is CCN(Cc1ccccc1)C1(CN)CCCN(C)CC1. The summed E-state index contributed by atoms with van der Waals surface area (Å²) in [5.74, 6) is 0. The molecule has 1 unspecified atom stereocenters. The summed E-state index contributed by atoms with van der Waals surface area (Å²) < 4.78 is 0. The Morgan fingerprint density at radius 2 is 1.95 bits per heavy atom. The maximum atomic E-state index is 6.22. The summed E-state index contributed by atoms with van der Waals surface area (Å²) in [5.41, 5.74) is 7.79. The zero-order valence-electron chi connectivity index (χ0n) is 13.0. The molecule has 3 nitrogen and oxygen atoms in total. The fraction of sp³-hybridized carbons (Fsp3) is 0.647. The highest BCUT2D eigenvalue weighted by Crippen LogP contribution is 2.29. The molecule has 0 aromatic heterocycles. The highest BCUT2D eigenvalue weighted by molar-refractivity contribution is 5.15. The van der Waals surface area contributed by atoms with E-state index in [1.165, 1.54) is 31.4 Å². The summed E-state index contributed by atoms with van der Waals surface area (Å²) in [6, 6.07) is 10.8. The Balaban J connectivity index is 2.14. The van der Waals surface area contributed by atoms with Crippen LogP contribution >= 0.6 is 0 Å². The van der Waals surface area contributed by atoms with Crippen LogP contribution in [0.5, 0.6) is 0 Å². The van der Waals surface area contributed by atoms with Gasteiger partial charge in [0, 0.05) is 18.6 Å². The lowest BCUT2D eigenvalue weighted by molar-refractivity contribution is 0.0763. The van der Waals surface area contributed by atoms with E-state index in [1.54, 1.807) is 0 Å². The van der Waals surface area contributed by atoms with Crippen LogP contribution in [0.25, 0.3) is 0 Å². The van der Waals surface area contributed by atoms with Crippen molar-refractivity contribution in [1.29, 1.82) is 0 Å². The molecular weight excluding hydrogens is 246 g/mol. The Hall–Kier alpha value is -0.900. The molecule has 1 heterocycles. The van der Waals surface area contributed by atoms with Gasteiger partial charge in [0.2, 0.25) is 0 Å². The average Bonchev–Trinajstić information content (AvgIpc) is 2.68. The molecule has 0 bridgehead atoms. The Morgan fingerprint density at radius 1 is 1.20 bits per heavy atom. The maximum Gasteiger partial charge on any atom is 0.0347 e. The normalized spacial score (nSPS) is 24.8. The first-order chi connectivity index (χ1) is 9.70. The Kier molecular flexibility index (Phi) is 5.58. The van der Waals surface area contributed by atoms with Crippen LogP contribution in [0.15, 0.2) is 30.3 Å². The fourth-order valence-corrected chi connectivity index (χ4v) is 3.38. The molecule has 112 valence electrons. The quantitative estimate of drug-likeness (QED) is 0.895. The molecule has 1 fully saturated rings. The average molecular weight is 275 g/mol. The zero-order valence-corrected chi connectivity index (χ0v) is 13.0. The van der Waals surface area contributed by atoms with Crippen molar-refractivity contribution in [2.24, 2.45) is 5.73 Å². The van der Waals surface area contributed by atoms with E-state index in [0.29, 0.717) is 0 Å². The first-order valence-corrected chi connectivity index (χ1v) is 7.88. The predicted octanol–water partition coefficient (Wildman–Crippen LogP) is 2.32. The number of nitrogens with zero attached hydrogens (tertiary/aromatic N) is 2. The first kappa shape index (κ1) is 15.5. The van der Waals surface area contributed by atoms with Gasteiger partial charge in [0.1, 0.15) is 0 Å². The summed E-state index contributed by atoms with van der Waals surface area (Å²) in [5, 5.41) is 0. The smallest absolute Gasteiger partial charge is 0.0347 e. The van der Waals surface area contributed by atoms with Crippen molar-refractivity contribution in [3.8, 4) is 0 Å². The first-order valence-electron chi connectivity index (χ1n) is 7.88. The summed E-state index contributed by atoms with van der Waals surface area (Å²) in [6.07, 6.45) is 3.65. The molecule has 0 saturated carbocycles. The van der Waals surface area contributed by atoms with Gasteiger partial charge in [-0.25, -0.2) is 0 Å². The highest BCUT2D eigenvalue weighted by Gasteiger charge is 2.35. The molecule has 1 aromatic rings. The van der Waals surface area contributed by atoms with Crippen molar-refractivity contribution in [2.75, 3.05) is 33.2 Å². The van der Waals surface area contributed by atoms with E-state index < -0.39 is 0 Å². The molecule has 0 aliphatic carbocycles. The topological polar surface area (TPSA) is 32.5 Å². The van der Waals surface area contributed by atoms with Gasteiger partial charge in [0.15, 0.2) is 0 Å². The maximum absolute atomic E-state index is 6.22. The van der Waals surface area contributed by atoms with Crippen molar-refractivity contribution >= 4 is 0 Å². The lowest BCUT2D eigenvalue weighted by atomic mass is 9.88. The minimum Gasteiger partial charge on any atom is -0.329 e. The van der Waals surface area contributed by atoms with Crippen LogP contribution in [0, 0.1) is 0 Å². The van der Waals surface area contributed by atoms with E-state index in [9.17, 15) is 0 Å². The Bertz CT molecular complexity index is 392. The molecule has 1 saturated heterocycles. The van der Waals surface area contributed by atoms with Crippen LogP contribution in [0.1, 0.15) is 31.7 Å². The summed E-state index contributed by atoms with van der Waals surface area (Å²) in [7, 11) is 2.22. The van der Waals surface area contributed by atoms with Gasteiger partial charge in [-0.2, -0.15) is 0 Å². The van der Waals surface area contributed by atoms with Gasteiger partial charge < -0.3 is 10.6 Å². The van der Waals surface area contributed by atoms with E-state index >= 15 is 0 Å². The van der Waals surface area contributed by atoms with Crippen LogP contribution in [0.3, 0.4) is 0 Å². The molecule has 1 aliphatic heterocycles. The predicted molar refractivity (Wildman–Crippen MR) is 85.7 cm³/mol. The van der Waals surface area contributed by atoms with Crippen LogP contribution in [-0.4, -0.2) is 48.6 Å². The van der Waals surface area contributed by atoms with E-state index in [0.717, 1.165) is 26.2 Å². The summed E-state index contributed by atoms with van der Waals surface area (Å²) >= 11 is 0. The van der Waals surface area contributed by atoms with Gasteiger partial charge in [-0.05, 0) is 51.5 Å². The second-order valence-corrected chi connectivity index (χ2v) is 6.09. The fourth-order valence-electron chi connectivity index (χ4n) is 3.38. The molecule has 2 rings (SSSR count). The second-order valence-electron chi connectivity index (χ2n) is 6.09. The minimum atomic E-state index is 0.176.